The predicted molar refractivity (Wildman–Crippen MR) is 51.2 cm³/mol. The van der Waals surface area contributed by atoms with E-state index in [0.717, 1.165) is 13.1 Å². The Morgan fingerprint density at radius 1 is 1.67 bits per heavy atom. The number of rotatable bonds is 3. The molecule has 0 atom stereocenters. The first-order valence-corrected chi connectivity index (χ1v) is 4.60. The van der Waals surface area contributed by atoms with Crippen LogP contribution in [0.2, 0.25) is 0 Å². The zero-order chi connectivity index (χ0) is 9.35. The standard InChI is InChI=1S/C9H16ClNO/c1-7(2)9(12)5-11(6-9)4-8(3)10/h7,12H,3-6H2,1-2H3. The first-order valence-electron chi connectivity index (χ1n) is 4.22. The molecule has 1 fully saturated rings. The lowest BCUT2D eigenvalue weighted by molar-refractivity contribution is -0.123. The van der Waals surface area contributed by atoms with E-state index in [2.05, 4.69) is 11.5 Å². The largest absolute Gasteiger partial charge is 0.387 e. The second-order valence-corrected chi connectivity index (χ2v) is 4.46. The lowest BCUT2D eigenvalue weighted by Gasteiger charge is -2.49. The van der Waals surface area contributed by atoms with Crippen molar-refractivity contribution < 1.29 is 5.11 Å². The number of aliphatic hydroxyl groups is 1. The van der Waals surface area contributed by atoms with Gasteiger partial charge in [0.1, 0.15) is 0 Å². The first-order chi connectivity index (χ1) is 5.44. The number of hydrogen-bond donors (Lipinski definition) is 1. The van der Waals surface area contributed by atoms with Crippen LogP contribution in [0.4, 0.5) is 0 Å². The van der Waals surface area contributed by atoms with Gasteiger partial charge in [-0.05, 0) is 5.92 Å². The van der Waals surface area contributed by atoms with E-state index in [1.807, 2.05) is 13.8 Å². The summed E-state index contributed by atoms with van der Waals surface area (Å²) in [5, 5.41) is 10.5. The van der Waals surface area contributed by atoms with Crippen molar-refractivity contribution in [3.8, 4) is 0 Å². The lowest BCUT2D eigenvalue weighted by atomic mass is 9.83. The summed E-state index contributed by atoms with van der Waals surface area (Å²) in [5.74, 6) is 0.317. The second-order valence-electron chi connectivity index (χ2n) is 3.92. The summed E-state index contributed by atoms with van der Waals surface area (Å²) in [6.07, 6.45) is 0. The number of β-amino-alcohol motifs (C(OH)–C–C–N with tert-alkyl or cyclic N) is 1. The molecule has 0 aromatic rings. The summed E-state index contributed by atoms with van der Waals surface area (Å²) in [5.41, 5.74) is -0.494. The summed E-state index contributed by atoms with van der Waals surface area (Å²) < 4.78 is 0. The molecule has 1 aliphatic heterocycles. The van der Waals surface area contributed by atoms with E-state index in [4.69, 9.17) is 11.6 Å². The molecule has 0 radical (unpaired) electrons. The third-order valence-corrected chi connectivity index (χ3v) is 2.58. The predicted octanol–water partition coefficient (Wildman–Crippen LogP) is 1.44. The summed E-state index contributed by atoms with van der Waals surface area (Å²) in [6, 6.07) is 0. The van der Waals surface area contributed by atoms with Crippen LogP contribution in [0.15, 0.2) is 11.6 Å². The maximum Gasteiger partial charge on any atom is 0.0923 e. The van der Waals surface area contributed by atoms with Gasteiger partial charge in [-0.3, -0.25) is 4.90 Å². The summed E-state index contributed by atoms with van der Waals surface area (Å²) >= 11 is 5.64. The number of halogens is 1. The average molecular weight is 190 g/mol. The van der Waals surface area contributed by atoms with Gasteiger partial charge in [0.25, 0.3) is 0 Å². The minimum absolute atomic E-state index is 0.317. The maximum absolute atomic E-state index is 9.86. The molecule has 1 saturated heterocycles. The van der Waals surface area contributed by atoms with Crippen LogP contribution >= 0.6 is 11.6 Å². The van der Waals surface area contributed by atoms with E-state index in [1.165, 1.54) is 0 Å². The lowest BCUT2D eigenvalue weighted by Crippen LogP contribution is -2.64. The minimum atomic E-state index is -0.494. The SMILES string of the molecule is C=C(Cl)CN1CC(O)(C(C)C)C1. The Morgan fingerprint density at radius 2 is 2.17 bits per heavy atom. The highest BCUT2D eigenvalue weighted by Gasteiger charge is 2.43. The number of hydrogen-bond acceptors (Lipinski definition) is 2. The quantitative estimate of drug-likeness (QED) is 0.727. The highest BCUT2D eigenvalue weighted by Crippen LogP contribution is 2.28. The molecule has 1 N–H and O–H groups in total. The van der Waals surface area contributed by atoms with Gasteiger partial charge in [0.2, 0.25) is 0 Å². The molecule has 1 heterocycles. The molecule has 0 aliphatic carbocycles. The third kappa shape index (κ3) is 2.00. The summed E-state index contributed by atoms with van der Waals surface area (Å²) in [7, 11) is 0. The molecule has 12 heavy (non-hydrogen) atoms. The molecule has 1 aliphatic rings. The van der Waals surface area contributed by atoms with E-state index >= 15 is 0 Å². The van der Waals surface area contributed by atoms with Crippen LogP contribution in [0, 0.1) is 5.92 Å². The Labute approximate surface area is 78.8 Å². The zero-order valence-electron chi connectivity index (χ0n) is 7.68. The van der Waals surface area contributed by atoms with Gasteiger partial charge in [-0.25, -0.2) is 0 Å². The normalized spacial score (nSPS) is 22.4. The molecule has 0 saturated carbocycles. The second kappa shape index (κ2) is 3.36. The van der Waals surface area contributed by atoms with E-state index < -0.39 is 5.60 Å². The fourth-order valence-corrected chi connectivity index (χ4v) is 1.62. The van der Waals surface area contributed by atoms with E-state index in [1.54, 1.807) is 0 Å². The fourth-order valence-electron chi connectivity index (χ4n) is 1.45. The van der Waals surface area contributed by atoms with Gasteiger partial charge >= 0.3 is 0 Å². The molecule has 3 heteroatoms. The summed E-state index contributed by atoms with van der Waals surface area (Å²) in [6.45, 7) is 9.81. The van der Waals surface area contributed by atoms with Crippen molar-refractivity contribution in [2.75, 3.05) is 19.6 Å². The summed E-state index contributed by atoms with van der Waals surface area (Å²) in [4.78, 5) is 2.09. The molecular formula is C9H16ClNO. The molecule has 0 amide bonds. The molecule has 1 rings (SSSR count). The Bertz CT molecular complexity index is 185. The third-order valence-electron chi connectivity index (χ3n) is 2.46. The van der Waals surface area contributed by atoms with Crippen LogP contribution in [0.25, 0.3) is 0 Å². The van der Waals surface area contributed by atoms with E-state index in [9.17, 15) is 5.11 Å². The Hall–Kier alpha value is -0.0500. The minimum Gasteiger partial charge on any atom is -0.387 e. The molecule has 0 aromatic carbocycles. The monoisotopic (exact) mass is 189 g/mol. The van der Waals surface area contributed by atoms with Gasteiger partial charge in [-0.15, -0.1) is 0 Å². The van der Waals surface area contributed by atoms with Gasteiger partial charge < -0.3 is 5.11 Å². The highest BCUT2D eigenvalue weighted by molar-refractivity contribution is 6.29. The van der Waals surface area contributed by atoms with Crippen LogP contribution in [0.3, 0.4) is 0 Å². The maximum atomic E-state index is 9.86. The van der Waals surface area contributed by atoms with Crippen molar-refractivity contribution in [1.29, 1.82) is 0 Å². The first kappa shape index (κ1) is 10.0. The van der Waals surface area contributed by atoms with Crippen molar-refractivity contribution in [2.24, 2.45) is 5.92 Å². The topological polar surface area (TPSA) is 23.5 Å². The van der Waals surface area contributed by atoms with Crippen LogP contribution < -0.4 is 0 Å². The van der Waals surface area contributed by atoms with Crippen molar-refractivity contribution in [1.82, 2.24) is 4.90 Å². The van der Waals surface area contributed by atoms with Crippen LogP contribution in [-0.2, 0) is 0 Å². The fraction of sp³-hybridized carbons (Fsp3) is 0.778. The molecule has 0 aromatic heterocycles. The van der Waals surface area contributed by atoms with Gasteiger partial charge in [0, 0.05) is 24.7 Å². The van der Waals surface area contributed by atoms with Gasteiger partial charge in [-0.2, -0.15) is 0 Å². The van der Waals surface area contributed by atoms with E-state index in [-0.39, 0.29) is 0 Å². The molecule has 70 valence electrons. The molecule has 0 unspecified atom stereocenters. The van der Waals surface area contributed by atoms with Gasteiger partial charge in [0.15, 0.2) is 0 Å². The molecular weight excluding hydrogens is 174 g/mol. The van der Waals surface area contributed by atoms with Crippen molar-refractivity contribution >= 4 is 11.6 Å². The van der Waals surface area contributed by atoms with Gasteiger partial charge in [0.05, 0.1) is 5.60 Å². The van der Waals surface area contributed by atoms with E-state index in [0.29, 0.717) is 17.5 Å². The molecule has 0 bridgehead atoms. The number of likely N-dealkylation sites (tertiary alicyclic amines) is 1. The Morgan fingerprint density at radius 3 is 2.50 bits per heavy atom. The Balaban J connectivity index is 2.32. The highest BCUT2D eigenvalue weighted by atomic mass is 35.5. The van der Waals surface area contributed by atoms with Crippen molar-refractivity contribution in [3.05, 3.63) is 11.6 Å². The van der Waals surface area contributed by atoms with Crippen molar-refractivity contribution in [2.45, 2.75) is 19.4 Å². The number of nitrogens with zero attached hydrogens (tertiary/aromatic N) is 1. The average Bonchev–Trinajstić information content (AvgIpc) is 1.82. The molecule has 2 nitrogen and oxygen atoms in total. The van der Waals surface area contributed by atoms with Crippen LogP contribution in [0.5, 0.6) is 0 Å². The van der Waals surface area contributed by atoms with Crippen LogP contribution in [0.1, 0.15) is 13.8 Å². The zero-order valence-corrected chi connectivity index (χ0v) is 8.43. The Kier molecular flexibility index (Phi) is 2.81. The van der Waals surface area contributed by atoms with Gasteiger partial charge in [-0.1, -0.05) is 32.0 Å². The van der Waals surface area contributed by atoms with Crippen LogP contribution in [-0.4, -0.2) is 35.2 Å². The molecule has 0 spiro atoms. The van der Waals surface area contributed by atoms with Crippen molar-refractivity contribution in [3.63, 3.8) is 0 Å². The smallest absolute Gasteiger partial charge is 0.0923 e.